The highest BCUT2D eigenvalue weighted by atomic mass is 19.3. The minimum absolute atomic E-state index is 0.182. The molecule has 3 aliphatic carbocycles. The van der Waals surface area contributed by atoms with Crippen molar-refractivity contribution in [3.05, 3.63) is 29.8 Å². The molecular weight excluding hydrogens is 272 g/mol. The first kappa shape index (κ1) is 13.5. The summed E-state index contributed by atoms with van der Waals surface area (Å²) in [6.45, 7) is -0.654. The molecule has 114 valence electrons. The summed E-state index contributed by atoms with van der Waals surface area (Å²) in [4.78, 5) is 0. The predicted octanol–water partition coefficient (Wildman–Crippen LogP) is 3.98. The van der Waals surface area contributed by atoms with Gasteiger partial charge in [0, 0.05) is 12.1 Å². The Balaban J connectivity index is 1.40. The second-order valence-electron chi connectivity index (χ2n) is 6.85. The third-order valence-corrected chi connectivity index (χ3v) is 5.76. The molecule has 0 aliphatic heterocycles. The summed E-state index contributed by atoms with van der Waals surface area (Å²) in [6.07, 6.45) is 4.27. The Bertz CT molecular complexity index is 519. The average Bonchev–Trinajstić information content (AvgIpc) is 2.83. The van der Waals surface area contributed by atoms with Crippen LogP contribution in [0.1, 0.15) is 37.8 Å². The van der Waals surface area contributed by atoms with Crippen molar-refractivity contribution >= 4 is 0 Å². The van der Waals surface area contributed by atoms with Crippen LogP contribution in [-0.4, -0.2) is 12.7 Å². The SMILES string of the molecule is CC(NC1C2C3CCC(C3)C12)c1cccc(OC(F)F)c1. The summed E-state index contributed by atoms with van der Waals surface area (Å²) in [5.41, 5.74) is 1.02. The van der Waals surface area contributed by atoms with Crippen LogP contribution in [0.25, 0.3) is 0 Å². The lowest BCUT2D eigenvalue weighted by atomic mass is 10.0. The minimum Gasteiger partial charge on any atom is -0.435 e. The number of halogens is 2. The van der Waals surface area contributed by atoms with Crippen molar-refractivity contribution in [3.8, 4) is 5.75 Å². The number of ether oxygens (including phenoxy) is 1. The molecule has 0 amide bonds. The monoisotopic (exact) mass is 293 g/mol. The maximum absolute atomic E-state index is 12.3. The van der Waals surface area contributed by atoms with Gasteiger partial charge in [0.15, 0.2) is 0 Å². The van der Waals surface area contributed by atoms with Crippen molar-refractivity contribution in [1.29, 1.82) is 0 Å². The quantitative estimate of drug-likeness (QED) is 0.886. The van der Waals surface area contributed by atoms with Crippen molar-refractivity contribution in [2.45, 2.75) is 44.9 Å². The molecule has 3 saturated carbocycles. The van der Waals surface area contributed by atoms with E-state index in [1.54, 1.807) is 18.2 Å². The highest BCUT2D eigenvalue weighted by molar-refractivity contribution is 5.31. The van der Waals surface area contributed by atoms with E-state index in [0.29, 0.717) is 6.04 Å². The Morgan fingerprint density at radius 3 is 2.57 bits per heavy atom. The lowest BCUT2D eigenvalue weighted by Crippen LogP contribution is -2.26. The molecule has 1 aromatic carbocycles. The zero-order valence-electron chi connectivity index (χ0n) is 12.1. The molecule has 0 aromatic heterocycles. The van der Waals surface area contributed by atoms with Crippen LogP contribution in [0.5, 0.6) is 5.75 Å². The maximum atomic E-state index is 12.3. The van der Waals surface area contributed by atoms with Crippen LogP contribution >= 0.6 is 0 Å². The van der Waals surface area contributed by atoms with Crippen molar-refractivity contribution < 1.29 is 13.5 Å². The third kappa shape index (κ3) is 2.33. The fraction of sp³-hybridized carbons (Fsp3) is 0.647. The van der Waals surface area contributed by atoms with Crippen LogP contribution in [0.4, 0.5) is 8.78 Å². The van der Waals surface area contributed by atoms with Gasteiger partial charge >= 0.3 is 6.61 Å². The molecule has 1 N–H and O–H groups in total. The largest absolute Gasteiger partial charge is 0.435 e. The number of hydrogen-bond donors (Lipinski definition) is 1. The molecule has 0 heterocycles. The first-order valence-electron chi connectivity index (χ1n) is 7.94. The smallest absolute Gasteiger partial charge is 0.387 e. The molecule has 4 rings (SSSR count). The molecule has 2 bridgehead atoms. The molecule has 0 spiro atoms. The standard InChI is InChI=1S/C17H21F2NO/c1-9(10-3-2-4-13(8-10)21-17(18)19)20-16-14-11-5-6-12(7-11)15(14)16/h2-4,8-9,11-12,14-17,20H,5-7H2,1H3. The number of benzene rings is 1. The Morgan fingerprint density at radius 1 is 1.19 bits per heavy atom. The van der Waals surface area contributed by atoms with Gasteiger partial charge in [-0.05, 0) is 67.6 Å². The lowest BCUT2D eigenvalue weighted by Gasteiger charge is -2.18. The van der Waals surface area contributed by atoms with Crippen LogP contribution < -0.4 is 10.1 Å². The van der Waals surface area contributed by atoms with Crippen LogP contribution in [0.3, 0.4) is 0 Å². The maximum Gasteiger partial charge on any atom is 0.387 e. The van der Waals surface area contributed by atoms with Gasteiger partial charge in [0.05, 0.1) is 0 Å². The van der Waals surface area contributed by atoms with E-state index in [1.807, 2.05) is 6.07 Å². The molecule has 0 radical (unpaired) electrons. The van der Waals surface area contributed by atoms with E-state index in [9.17, 15) is 8.78 Å². The Labute approximate surface area is 123 Å². The van der Waals surface area contributed by atoms with E-state index < -0.39 is 6.61 Å². The summed E-state index contributed by atoms with van der Waals surface area (Å²) >= 11 is 0. The topological polar surface area (TPSA) is 21.3 Å². The van der Waals surface area contributed by atoms with Crippen LogP contribution in [-0.2, 0) is 0 Å². The van der Waals surface area contributed by atoms with E-state index in [4.69, 9.17) is 0 Å². The number of rotatable bonds is 5. The van der Waals surface area contributed by atoms with Crippen LogP contribution in [0.2, 0.25) is 0 Å². The average molecular weight is 293 g/mol. The molecule has 5 atom stereocenters. The van der Waals surface area contributed by atoms with Crippen molar-refractivity contribution in [2.24, 2.45) is 23.7 Å². The second-order valence-corrected chi connectivity index (χ2v) is 6.85. The third-order valence-electron chi connectivity index (χ3n) is 5.76. The van der Waals surface area contributed by atoms with Gasteiger partial charge in [0.25, 0.3) is 0 Å². The van der Waals surface area contributed by atoms with Gasteiger partial charge in [-0.15, -0.1) is 0 Å². The summed E-state index contributed by atoms with van der Waals surface area (Å²) in [5.74, 6) is 3.89. The van der Waals surface area contributed by atoms with E-state index in [0.717, 1.165) is 29.2 Å². The molecule has 21 heavy (non-hydrogen) atoms. The van der Waals surface area contributed by atoms with Gasteiger partial charge in [-0.2, -0.15) is 8.78 Å². The minimum atomic E-state index is -2.76. The van der Waals surface area contributed by atoms with E-state index >= 15 is 0 Å². The Morgan fingerprint density at radius 2 is 1.90 bits per heavy atom. The number of alkyl halides is 2. The first-order valence-corrected chi connectivity index (χ1v) is 7.94. The van der Waals surface area contributed by atoms with Crippen LogP contribution in [0.15, 0.2) is 24.3 Å². The first-order chi connectivity index (χ1) is 10.1. The Kier molecular flexibility index (Phi) is 3.18. The summed E-state index contributed by atoms with van der Waals surface area (Å²) in [7, 11) is 0. The second kappa shape index (κ2) is 4.94. The van der Waals surface area contributed by atoms with E-state index in [2.05, 4.69) is 17.0 Å². The molecule has 1 aromatic rings. The van der Waals surface area contributed by atoms with Crippen molar-refractivity contribution in [3.63, 3.8) is 0 Å². The van der Waals surface area contributed by atoms with Gasteiger partial charge in [-0.25, -0.2) is 0 Å². The van der Waals surface area contributed by atoms with Crippen LogP contribution in [0, 0.1) is 23.7 Å². The van der Waals surface area contributed by atoms with Gasteiger partial charge in [0.1, 0.15) is 5.75 Å². The number of hydrogen-bond acceptors (Lipinski definition) is 2. The molecule has 0 saturated heterocycles. The zero-order valence-corrected chi connectivity index (χ0v) is 12.1. The molecule has 5 unspecified atom stereocenters. The lowest BCUT2D eigenvalue weighted by molar-refractivity contribution is -0.0499. The van der Waals surface area contributed by atoms with Crippen molar-refractivity contribution in [2.75, 3.05) is 0 Å². The highest BCUT2D eigenvalue weighted by Gasteiger charge is 2.64. The van der Waals surface area contributed by atoms with Crippen molar-refractivity contribution in [1.82, 2.24) is 5.32 Å². The predicted molar refractivity (Wildman–Crippen MR) is 76.2 cm³/mol. The van der Waals surface area contributed by atoms with Gasteiger partial charge < -0.3 is 10.1 Å². The van der Waals surface area contributed by atoms with Gasteiger partial charge in [-0.1, -0.05) is 12.1 Å². The molecule has 2 nitrogen and oxygen atoms in total. The van der Waals surface area contributed by atoms with Gasteiger partial charge in [0.2, 0.25) is 0 Å². The zero-order chi connectivity index (χ0) is 14.6. The normalized spacial score (nSPS) is 37.6. The number of nitrogens with one attached hydrogen (secondary N) is 1. The highest BCUT2D eigenvalue weighted by Crippen LogP contribution is 2.65. The number of fused-ring (bicyclic) bond motifs is 5. The summed E-state index contributed by atoms with van der Waals surface area (Å²) < 4.78 is 29.1. The Hall–Kier alpha value is -1.16. The van der Waals surface area contributed by atoms with Gasteiger partial charge in [-0.3, -0.25) is 0 Å². The fourth-order valence-corrected chi connectivity index (χ4v) is 4.89. The summed E-state index contributed by atoms with van der Waals surface area (Å²) in [5, 5.41) is 3.71. The fourth-order valence-electron chi connectivity index (χ4n) is 4.89. The van der Waals surface area contributed by atoms with E-state index in [-0.39, 0.29) is 11.8 Å². The molecule has 3 fully saturated rings. The van der Waals surface area contributed by atoms with E-state index in [1.165, 1.54) is 19.3 Å². The summed E-state index contributed by atoms with van der Waals surface area (Å²) in [6, 6.07) is 7.88. The molecule has 4 heteroatoms. The molecule has 3 aliphatic rings. The molecular formula is C17H21F2NO.